The van der Waals surface area contributed by atoms with Crippen LogP contribution in [0.3, 0.4) is 0 Å². The summed E-state index contributed by atoms with van der Waals surface area (Å²) in [6.45, 7) is 2.87. The van der Waals surface area contributed by atoms with E-state index in [1.165, 1.54) is 0 Å². The highest BCUT2D eigenvalue weighted by molar-refractivity contribution is 7.98. The summed E-state index contributed by atoms with van der Waals surface area (Å²) in [5.41, 5.74) is 5.74. The molecule has 0 aromatic carbocycles. The van der Waals surface area contributed by atoms with Crippen LogP contribution in [0.25, 0.3) is 0 Å². The highest BCUT2D eigenvalue weighted by Gasteiger charge is 2.18. The van der Waals surface area contributed by atoms with Crippen LogP contribution in [0.15, 0.2) is 0 Å². The Hall–Kier alpha value is -0.660. The summed E-state index contributed by atoms with van der Waals surface area (Å²) >= 11 is 1.69. The molecule has 0 fully saturated rings. The predicted octanol–water partition coefficient (Wildman–Crippen LogP) is 0.548. The highest BCUT2D eigenvalue weighted by atomic mass is 32.2. The van der Waals surface area contributed by atoms with E-state index in [9.17, 15) is 4.79 Å². The number of nitrogens with two attached hydrogens (primary N) is 1. The van der Waals surface area contributed by atoms with Gasteiger partial charge in [0.2, 0.25) is 5.91 Å². The van der Waals surface area contributed by atoms with Crippen molar-refractivity contribution in [1.29, 1.82) is 0 Å². The molecule has 0 aromatic rings. The summed E-state index contributed by atoms with van der Waals surface area (Å²) in [5, 5.41) is 0. The Morgan fingerprint density at radius 3 is 2.79 bits per heavy atom. The van der Waals surface area contributed by atoms with Gasteiger partial charge < -0.3 is 10.6 Å². The third kappa shape index (κ3) is 4.54. The van der Waals surface area contributed by atoms with Crippen molar-refractivity contribution in [3.63, 3.8) is 0 Å². The molecule has 0 heterocycles. The molecule has 0 saturated heterocycles. The minimum Gasteiger partial charge on any atom is -0.330 e. The molecule has 0 aliphatic rings. The quantitative estimate of drug-likeness (QED) is 0.657. The van der Waals surface area contributed by atoms with Crippen LogP contribution in [0.5, 0.6) is 0 Å². The molecule has 0 unspecified atom stereocenters. The number of nitrogens with zero attached hydrogens (tertiary/aromatic N) is 1. The van der Waals surface area contributed by atoms with Gasteiger partial charge in [0.1, 0.15) is 0 Å². The molecule has 0 saturated carbocycles. The van der Waals surface area contributed by atoms with E-state index in [2.05, 4.69) is 5.92 Å². The molecular formula is C10H18N2OS. The van der Waals surface area contributed by atoms with Crippen LogP contribution >= 0.6 is 11.8 Å². The molecule has 0 aliphatic heterocycles. The standard InChI is InChI=1S/C10H18N2OS/c1-4-7-12(5-2)10(13)9(11)6-8-14-3/h1,9H,5-8,11H2,2-3H3/t9-/m1/s1. The lowest BCUT2D eigenvalue weighted by Gasteiger charge is -2.21. The van der Waals surface area contributed by atoms with Gasteiger partial charge in [-0.2, -0.15) is 11.8 Å². The van der Waals surface area contributed by atoms with Crippen LogP contribution in [-0.4, -0.2) is 41.9 Å². The number of likely N-dealkylation sites (N-methyl/N-ethyl adjacent to an activating group) is 1. The van der Waals surface area contributed by atoms with E-state index < -0.39 is 6.04 Å². The summed E-state index contributed by atoms with van der Waals surface area (Å²) in [5.74, 6) is 3.32. The number of hydrogen-bond acceptors (Lipinski definition) is 3. The van der Waals surface area contributed by atoms with E-state index in [0.717, 1.165) is 5.75 Å². The smallest absolute Gasteiger partial charge is 0.240 e. The molecule has 3 nitrogen and oxygen atoms in total. The van der Waals surface area contributed by atoms with Crippen LogP contribution in [0.4, 0.5) is 0 Å². The molecule has 0 spiro atoms. The van der Waals surface area contributed by atoms with Gasteiger partial charge in [-0.1, -0.05) is 5.92 Å². The maximum Gasteiger partial charge on any atom is 0.240 e. The molecule has 0 bridgehead atoms. The first kappa shape index (κ1) is 13.3. The first-order valence-electron chi connectivity index (χ1n) is 4.64. The maximum atomic E-state index is 11.7. The van der Waals surface area contributed by atoms with Crippen LogP contribution in [-0.2, 0) is 4.79 Å². The fraction of sp³-hybridized carbons (Fsp3) is 0.700. The van der Waals surface area contributed by atoms with Crippen LogP contribution in [0.1, 0.15) is 13.3 Å². The lowest BCUT2D eigenvalue weighted by Crippen LogP contribution is -2.44. The molecule has 1 atom stereocenters. The molecule has 80 valence electrons. The summed E-state index contributed by atoms with van der Waals surface area (Å²) in [6, 6.07) is -0.407. The second-order valence-corrected chi connectivity index (χ2v) is 3.93. The average Bonchev–Trinajstić information content (AvgIpc) is 2.21. The fourth-order valence-electron chi connectivity index (χ4n) is 1.06. The Morgan fingerprint density at radius 2 is 2.36 bits per heavy atom. The van der Waals surface area contributed by atoms with Crippen LogP contribution in [0, 0.1) is 12.3 Å². The largest absolute Gasteiger partial charge is 0.330 e. The Balaban J connectivity index is 4.07. The fourth-order valence-corrected chi connectivity index (χ4v) is 1.55. The Labute approximate surface area is 90.4 Å². The van der Waals surface area contributed by atoms with Gasteiger partial charge in [-0.15, -0.1) is 6.42 Å². The van der Waals surface area contributed by atoms with Crippen molar-refractivity contribution in [1.82, 2.24) is 4.90 Å². The third-order valence-corrected chi connectivity index (χ3v) is 2.57. The molecular weight excluding hydrogens is 196 g/mol. The third-order valence-electron chi connectivity index (χ3n) is 1.93. The predicted molar refractivity (Wildman–Crippen MR) is 62.1 cm³/mol. The first-order valence-corrected chi connectivity index (χ1v) is 6.03. The minimum absolute atomic E-state index is 0.0421. The van der Waals surface area contributed by atoms with Crippen molar-refractivity contribution in [2.75, 3.05) is 25.1 Å². The number of hydrogen-bond donors (Lipinski definition) is 1. The number of amides is 1. The van der Waals surface area contributed by atoms with Crippen molar-refractivity contribution in [3.8, 4) is 12.3 Å². The van der Waals surface area contributed by atoms with Gasteiger partial charge in [0, 0.05) is 6.54 Å². The molecule has 2 N–H and O–H groups in total. The van der Waals surface area contributed by atoms with Crippen LogP contribution < -0.4 is 5.73 Å². The number of rotatable bonds is 6. The van der Waals surface area contributed by atoms with E-state index in [1.54, 1.807) is 16.7 Å². The molecule has 0 rings (SSSR count). The molecule has 4 heteroatoms. The minimum atomic E-state index is -0.407. The number of carbonyl (C=O) groups excluding carboxylic acids is 1. The van der Waals surface area contributed by atoms with Gasteiger partial charge in [0.15, 0.2) is 0 Å². The SMILES string of the molecule is C#CCN(CC)C(=O)[C@H](N)CCSC. The highest BCUT2D eigenvalue weighted by Crippen LogP contribution is 2.02. The second-order valence-electron chi connectivity index (χ2n) is 2.94. The zero-order valence-electron chi connectivity index (χ0n) is 8.82. The molecule has 14 heavy (non-hydrogen) atoms. The van der Waals surface area contributed by atoms with Gasteiger partial charge >= 0.3 is 0 Å². The van der Waals surface area contributed by atoms with Crippen LogP contribution in [0.2, 0.25) is 0 Å². The van der Waals surface area contributed by atoms with Crippen molar-refractivity contribution >= 4 is 17.7 Å². The molecule has 0 aromatic heterocycles. The van der Waals surface area contributed by atoms with Crippen molar-refractivity contribution in [2.45, 2.75) is 19.4 Å². The Bertz CT molecular complexity index is 213. The summed E-state index contributed by atoms with van der Waals surface area (Å²) in [6.07, 6.45) is 7.86. The van der Waals surface area contributed by atoms with Gasteiger partial charge in [-0.05, 0) is 25.4 Å². The molecule has 0 radical (unpaired) electrons. The van der Waals surface area contributed by atoms with Crippen molar-refractivity contribution in [2.24, 2.45) is 5.73 Å². The average molecular weight is 214 g/mol. The summed E-state index contributed by atoms with van der Waals surface area (Å²) in [4.78, 5) is 13.3. The second kappa shape index (κ2) is 7.72. The Kier molecular flexibility index (Phi) is 7.35. The normalized spacial score (nSPS) is 11.9. The topological polar surface area (TPSA) is 46.3 Å². The number of thioether (sulfide) groups is 1. The van der Waals surface area contributed by atoms with E-state index in [4.69, 9.17) is 12.2 Å². The van der Waals surface area contributed by atoms with Gasteiger partial charge in [0.25, 0.3) is 0 Å². The van der Waals surface area contributed by atoms with Gasteiger partial charge in [-0.25, -0.2) is 0 Å². The zero-order chi connectivity index (χ0) is 11.0. The van der Waals surface area contributed by atoms with E-state index in [0.29, 0.717) is 19.5 Å². The first-order chi connectivity index (χ1) is 6.67. The Morgan fingerprint density at radius 1 is 1.71 bits per heavy atom. The maximum absolute atomic E-state index is 11.7. The van der Waals surface area contributed by atoms with Crippen molar-refractivity contribution < 1.29 is 4.79 Å². The number of terminal acetylenes is 1. The van der Waals surface area contributed by atoms with Gasteiger partial charge in [-0.3, -0.25) is 4.79 Å². The van der Waals surface area contributed by atoms with E-state index >= 15 is 0 Å². The lowest BCUT2D eigenvalue weighted by molar-refractivity contribution is -0.131. The monoisotopic (exact) mass is 214 g/mol. The summed E-state index contributed by atoms with van der Waals surface area (Å²) < 4.78 is 0. The summed E-state index contributed by atoms with van der Waals surface area (Å²) in [7, 11) is 0. The molecule has 0 aliphatic carbocycles. The number of carbonyl (C=O) groups is 1. The van der Waals surface area contributed by atoms with Gasteiger partial charge in [0.05, 0.1) is 12.6 Å². The van der Waals surface area contributed by atoms with Crippen molar-refractivity contribution in [3.05, 3.63) is 0 Å². The lowest BCUT2D eigenvalue weighted by atomic mass is 10.2. The van der Waals surface area contributed by atoms with E-state index in [-0.39, 0.29) is 5.91 Å². The molecule has 1 amide bonds. The zero-order valence-corrected chi connectivity index (χ0v) is 9.64. The van der Waals surface area contributed by atoms with E-state index in [1.807, 2.05) is 13.2 Å².